The molecule has 0 fully saturated rings. The first kappa shape index (κ1) is 16.0. The van der Waals surface area contributed by atoms with Gasteiger partial charge in [-0.3, -0.25) is 0 Å². The molecule has 0 aromatic heterocycles. The molecule has 0 radical (unpaired) electrons. The number of rotatable bonds is 5. The number of benzene rings is 2. The van der Waals surface area contributed by atoms with Gasteiger partial charge in [-0.1, -0.05) is 42.3 Å². The summed E-state index contributed by atoms with van der Waals surface area (Å²) in [4.78, 5) is 0. The Kier molecular flexibility index (Phi) is 5.38. The van der Waals surface area contributed by atoms with E-state index in [1.807, 2.05) is 0 Å². The van der Waals surface area contributed by atoms with Crippen LogP contribution in [0.15, 0.2) is 36.4 Å². The van der Waals surface area contributed by atoms with E-state index in [2.05, 4.69) is 44.3 Å². The quantitative estimate of drug-likeness (QED) is 0.802. The van der Waals surface area contributed by atoms with Crippen molar-refractivity contribution in [2.24, 2.45) is 0 Å². The zero-order valence-corrected chi connectivity index (χ0v) is 13.5. The van der Waals surface area contributed by atoms with Crippen LogP contribution in [0.2, 0.25) is 5.02 Å². The Morgan fingerprint density at radius 3 is 2.57 bits per heavy atom. The van der Waals surface area contributed by atoms with Gasteiger partial charge < -0.3 is 5.32 Å². The first-order chi connectivity index (χ1) is 10.0. The van der Waals surface area contributed by atoms with Crippen molar-refractivity contribution in [3.8, 4) is 0 Å². The standard InChI is InChI=1S/C18H21ClFN/c1-4-9-21-18(15-10-12(2)5-6-13(15)3)16-11-14(20)7-8-17(16)19/h5-8,10-11,18,21H,4,9H2,1-3H3. The van der Waals surface area contributed by atoms with Gasteiger partial charge in [0.15, 0.2) is 0 Å². The minimum Gasteiger partial charge on any atom is -0.306 e. The monoisotopic (exact) mass is 305 g/mol. The summed E-state index contributed by atoms with van der Waals surface area (Å²) in [6.45, 7) is 7.10. The maximum Gasteiger partial charge on any atom is 0.123 e. The van der Waals surface area contributed by atoms with Gasteiger partial charge in [0.2, 0.25) is 0 Å². The highest BCUT2D eigenvalue weighted by molar-refractivity contribution is 6.31. The summed E-state index contributed by atoms with van der Waals surface area (Å²) in [7, 11) is 0. The number of nitrogens with one attached hydrogen (secondary N) is 1. The summed E-state index contributed by atoms with van der Waals surface area (Å²) in [5.74, 6) is -0.261. The van der Waals surface area contributed by atoms with Crippen LogP contribution in [0.3, 0.4) is 0 Å². The maximum absolute atomic E-state index is 13.6. The molecule has 0 aliphatic carbocycles. The van der Waals surface area contributed by atoms with Crippen LogP contribution in [0.5, 0.6) is 0 Å². The SMILES string of the molecule is CCCNC(c1cc(C)ccc1C)c1cc(F)ccc1Cl. The molecule has 112 valence electrons. The lowest BCUT2D eigenvalue weighted by molar-refractivity contribution is 0.583. The Bertz CT molecular complexity index is 573. The van der Waals surface area contributed by atoms with Crippen LogP contribution in [0.25, 0.3) is 0 Å². The second kappa shape index (κ2) is 7.06. The van der Waals surface area contributed by atoms with Gasteiger partial charge in [-0.2, -0.15) is 0 Å². The van der Waals surface area contributed by atoms with Crippen LogP contribution in [0, 0.1) is 19.7 Å². The maximum atomic E-state index is 13.6. The molecule has 21 heavy (non-hydrogen) atoms. The largest absolute Gasteiger partial charge is 0.306 e. The molecule has 1 nitrogen and oxygen atoms in total. The van der Waals surface area contributed by atoms with Crippen molar-refractivity contribution < 1.29 is 4.39 Å². The average Bonchev–Trinajstić information content (AvgIpc) is 2.46. The fraction of sp³-hybridized carbons (Fsp3) is 0.333. The van der Waals surface area contributed by atoms with E-state index in [0.29, 0.717) is 5.02 Å². The normalized spacial score (nSPS) is 12.4. The van der Waals surface area contributed by atoms with E-state index in [0.717, 1.165) is 24.1 Å². The van der Waals surface area contributed by atoms with Gasteiger partial charge in [-0.05, 0) is 61.7 Å². The summed E-state index contributed by atoms with van der Waals surface area (Å²) in [5.41, 5.74) is 4.30. The van der Waals surface area contributed by atoms with E-state index in [-0.39, 0.29) is 11.9 Å². The van der Waals surface area contributed by atoms with E-state index >= 15 is 0 Å². The van der Waals surface area contributed by atoms with E-state index in [4.69, 9.17) is 11.6 Å². The predicted octanol–water partition coefficient (Wildman–Crippen LogP) is 5.18. The number of hydrogen-bond donors (Lipinski definition) is 1. The molecule has 1 unspecified atom stereocenters. The molecule has 0 bridgehead atoms. The second-order valence-electron chi connectivity index (χ2n) is 5.41. The molecule has 0 saturated heterocycles. The molecular weight excluding hydrogens is 285 g/mol. The van der Waals surface area contributed by atoms with Crippen LogP contribution < -0.4 is 5.32 Å². The number of halogens is 2. The zero-order chi connectivity index (χ0) is 15.4. The Morgan fingerprint density at radius 2 is 1.86 bits per heavy atom. The fourth-order valence-corrected chi connectivity index (χ4v) is 2.71. The van der Waals surface area contributed by atoms with E-state index in [1.54, 1.807) is 6.07 Å². The van der Waals surface area contributed by atoms with Crippen molar-refractivity contribution in [2.45, 2.75) is 33.2 Å². The van der Waals surface area contributed by atoms with Crippen molar-refractivity contribution in [3.05, 3.63) is 69.5 Å². The number of aryl methyl sites for hydroxylation is 2. The highest BCUT2D eigenvalue weighted by Crippen LogP contribution is 2.31. The van der Waals surface area contributed by atoms with Crippen LogP contribution in [-0.2, 0) is 0 Å². The van der Waals surface area contributed by atoms with Crippen LogP contribution in [0.1, 0.15) is 41.6 Å². The molecule has 0 amide bonds. The van der Waals surface area contributed by atoms with Gasteiger partial charge in [-0.15, -0.1) is 0 Å². The Balaban J connectivity index is 2.52. The third-order valence-electron chi connectivity index (χ3n) is 3.61. The predicted molar refractivity (Wildman–Crippen MR) is 87.5 cm³/mol. The third-order valence-corrected chi connectivity index (χ3v) is 3.96. The minimum atomic E-state index is -0.261. The molecule has 0 aliphatic rings. The first-order valence-corrected chi connectivity index (χ1v) is 7.66. The minimum absolute atomic E-state index is 0.0898. The second-order valence-corrected chi connectivity index (χ2v) is 5.82. The van der Waals surface area contributed by atoms with Crippen LogP contribution in [-0.4, -0.2) is 6.54 Å². The molecule has 0 aliphatic heterocycles. The lowest BCUT2D eigenvalue weighted by Crippen LogP contribution is -2.24. The van der Waals surface area contributed by atoms with Crippen LogP contribution >= 0.6 is 11.6 Å². The highest BCUT2D eigenvalue weighted by atomic mass is 35.5. The van der Waals surface area contributed by atoms with Crippen molar-refractivity contribution >= 4 is 11.6 Å². The molecule has 1 atom stereocenters. The topological polar surface area (TPSA) is 12.0 Å². The zero-order valence-electron chi connectivity index (χ0n) is 12.7. The molecule has 3 heteroatoms. The third kappa shape index (κ3) is 3.84. The first-order valence-electron chi connectivity index (χ1n) is 7.28. The molecule has 2 aromatic carbocycles. The lowest BCUT2D eigenvalue weighted by Gasteiger charge is -2.23. The molecule has 0 spiro atoms. The Morgan fingerprint density at radius 1 is 1.10 bits per heavy atom. The summed E-state index contributed by atoms with van der Waals surface area (Å²) in [6.07, 6.45) is 1.01. The molecule has 0 heterocycles. The van der Waals surface area contributed by atoms with E-state index in [9.17, 15) is 4.39 Å². The van der Waals surface area contributed by atoms with Crippen molar-refractivity contribution in [3.63, 3.8) is 0 Å². The Labute approximate surface area is 131 Å². The number of hydrogen-bond acceptors (Lipinski definition) is 1. The van der Waals surface area contributed by atoms with Gasteiger partial charge in [0.05, 0.1) is 6.04 Å². The van der Waals surface area contributed by atoms with Gasteiger partial charge in [0.25, 0.3) is 0 Å². The summed E-state index contributed by atoms with van der Waals surface area (Å²) in [5, 5.41) is 4.08. The molecule has 2 rings (SSSR count). The van der Waals surface area contributed by atoms with Gasteiger partial charge in [0.1, 0.15) is 5.82 Å². The summed E-state index contributed by atoms with van der Waals surface area (Å²) >= 11 is 6.31. The summed E-state index contributed by atoms with van der Waals surface area (Å²) in [6, 6.07) is 10.8. The van der Waals surface area contributed by atoms with Crippen molar-refractivity contribution in [2.75, 3.05) is 6.54 Å². The average molecular weight is 306 g/mol. The van der Waals surface area contributed by atoms with Gasteiger partial charge in [-0.25, -0.2) is 4.39 Å². The Hall–Kier alpha value is -1.38. The molecule has 1 N–H and O–H groups in total. The molecular formula is C18H21ClFN. The summed E-state index contributed by atoms with van der Waals surface area (Å²) < 4.78 is 13.6. The van der Waals surface area contributed by atoms with E-state index in [1.165, 1.54) is 23.3 Å². The van der Waals surface area contributed by atoms with E-state index < -0.39 is 0 Å². The highest BCUT2D eigenvalue weighted by Gasteiger charge is 2.19. The smallest absolute Gasteiger partial charge is 0.123 e. The van der Waals surface area contributed by atoms with Gasteiger partial charge in [0, 0.05) is 5.02 Å². The molecule has 2 aromatic rings. The lowest BCUT2D eigenvalue weighted by atomic mass is 9.93. The van der Waals surface area contributed by atoms with Crippen molar-refractivity contribution in [1.82, 2.24) is 5.32 Å². The van der Waals surface area contributed by atoms with Gasteiger partial charge >= 0.3 is 0 Å². The molecule has 0 saturated carbocycles. The fourth-order valence-electron chi connectivity index (χ4n) is 2.48. The van der Waals surface area contributed by atoms with Crippen LogP contribution in [0.4, 0.5) is 4.39 Å². The van der Waals surface area contributed by atoms with Crippen molar-refractivity contribution in [1.29, 1.82) is 0 Å².